The van der Waals surface area contributed by atoms with E-state index in [0.29, 0.717) is 23.3 Å². The van der Waals surface area contributed by atoms with E-state index in [1.807, 2.05) is 41.0 Å². The number of hydrogen-bond acceptors (Lipinski definition) is 6. The van der Waals surface area contributed by atoms with Crippen LogP contribution in [0.2, 0.25) is 0 Å². The Kier molecular flexibility index (Phi) is 5.05. The standard InChI is InChI=1S/C23H18N4O3S/c28-17-9-7-15(8-10-17)22-25-26-23(27(22)13-18-4-3-11-30-18)31-14-16-12-21(29)24-20-6-2-1-5-19(16)20/h1-12,28H,13-14H2,(H,24,29). The molecule has 0 saturated carbocycles. The third-order valence-corrected chi connectivity index (χ3v) is 5.94. The molecule has 31 heavy (non-hydrogen) atoms. The van der Waals surface area contributed by atoms with E-state index in [0.717, 1.165) is 27.8 Å². The highest BCUT2D eigenvalue weighted by atomic mass is 32.2. The van der Waals surface area contributed by atoms with Crippen LogP contribution in [0.15, 0.2) is 87.4 Å². The van der Waals surface area contributed by atoms with Gasteiger partial charge in [0.15, 0.2) is 11.0 Å². The summed E-state index contributed by atoms with van der Waals surface area (Å²) >= 11 is 1.51. The summed E-state index contributed by atoms with van der Waals surface area (Å²) in [5, 5.41) is 20.1. The molecule has 2 aromatic carbocycles. The van der Waals surface area contributed by atoms with Crippen molar-refractivity contribution in [2.24, 2.45) is 0 Å². The topological polar surface area (TPSA) is 96.9 Å². The molecule has 0 aliphatic carbocycles. The van der Waals surface area contributed by atoms with Gasteiger partial charge in [-0.05, 0) is 48.0 Å². The van der Waals surface area contributed by atoms with Crippen LogP contribution >= 0.6 is 11.8 Å². The minimum Gasteiger partial charge on any atom is -0.508 e. The Morgan fingerprint density at radius 1 is 1.03 bits per heavy atom. The molecule has 7 nitrogen and oxygen atoms in total. The molecule has 5 aromatic rings. The van der Waals surface area contributed by atoms with Gasteiger partial charge in [-0.1, -0.05) is 30.0 Å². The number of nitrogens with one attached hydrogen (secondary N) is 1. The molecule has 0 unspecified atom stereocenters. The number of benzene rings is 2. The van der Waals surface area contributed by atoms with E-state index in [2.05, 4.69) is 15.2 Å². The van der Waals surface area contributed by atoms with Gasteiger partial charge in [0.2, 0.25) is 5.56 Å². The molecule has 0 fully saturated rings. The van der Waals surface area contributed by atoms with E-state index < -0.39 is 0 Å². The van der Waals surface area contributed by atoms with Crippen LogP contribution in [0.3, 0.4) is 0 Å². The van der Waals surface area contributed by atoms with E-state index in [-0.39, 0.29) is 11.3 Å². The molecule has 0 bridgehead atoms. The minimum atomic E-state index is -0.129. The van der Waals surface area contributed by atoms with Gasteiger partial charge in [0.05, 0.1) is 12.8 Å². The fourth-order valence-electron chi connectivity index (χ4n) is 3.46. The first-order valence-corrected chi connectivity index (χ1v) is 10.6. The molecule has 5 rings (SSSR count). The Balaban J connectivity index is 1.51. The van der Waals surface area contributed by atoms with E-state index >= 15 is 0 Å². The number of thioether (sulfide) groups is 1. The van der Waals surface area contributed by atoms with Gasteiger partial charge in [0.25, 0.3) is 0 Å². The summed E-state index contributed by atoms with van der Waals surface area (Å²) in [4.78, 5) is 14.9. The molecular weight excluding hydrogens is 412 g/mol. The number of pyridine rings is 1. The Hall–Kier alpha value is -3.78. The predicted molar refractivity (Wildman–Crippen MR) is 119 cm³/mol. The van der Waals surface area contributed by atoms with Crippen LogP contribution < -0.4 is 5.56 Å². The fourth-order valence-corrected chi connectivity index (χ4v) is 4.39. The number of fused-ring (bicyclic) bond motifs is 1. The lowest BCUT2D eigenvalue weighted by Crippen LogP contribution is -2.06. The maximum absolute atomic E-state index is 12.1. The molecule has 154 valence electrons. The molecule has 0 aliphatic heterocycles. The fraction of sp³-hybridized carbons (Fsp3) is 0.0870. The number of aromatic nitrogens is 4. The quantitative estimate of drug-likeness (QED) is 0.387. The summed E-state index contributed by atoms with van der Waals surface area (Å²) in [6.07, 6.45) is 1.63. The van der Waals surface area contributed by atoms with Crippen molar-refractivity contribution < 1.29 is 9.52 Å². The van der Waals surface area contributed by atoms with Gasteiger partial charge in [-0.25, -0.2) is 0 Å². The van der Waals surface area contributed by atoms with Crippen molar-refractivity contribution in [1.29, 1.82) is 0 Å². The van der Waals surface area contributed by atoms with Gasteiger partial charge in [-0.2, -0.15) is 0 Å². The molecule has 2 N–H and O–H groups in total. The highest BCUT2D eigenvalue weighted by Crippen LogP contribution is 2.29. The maximum Gasteiger partial charge on any atom is 0.248 e. The SMILES string of the molecule is O=c1cc(CSc2nnc(-c3ccc(O)cc3)n2Cc2ccco2)c2ccccc2[nH]1. The van der Waals surface area contributed by atoms with Crippen LogP contribution in [-0.2, 0) is 12.3 Å². The first-order chi connectivity index (χ1) is 15.2. The summed E-state index contributed by atoms with van der Waals surface area (Å²) in [7, 11) is 0. The second-order valence-corrected chi connectivity index (χ2v) is 7.95. The monoisotopic (exact) mass is 430 g/mol. The van der Waals surface area contributed by atoms with Crippen LogP contribution in [0.25, 0.3) is 22.3 Å². The Morgan fingerprint density at radius 2 is 1.87 bits per heavy atom. The molecular formula is C23H18N4O3S. The van der Waals surface area contributed by atoms with Crippen molar-refractivity contribution in [1.82, 2.24) is 19.7 Å². The lowest BCUT2D eigenvalue weighted by atomic mass is 10.1. The predicted octanol–water partition coefficient (Wildman–Crippen LogP) is 4.43. The minimum absolute atomic E-state index is 0.129. The average molecular weight is 430 g/mol. The molecule has 0 saturated heterocycles. The van der Waals surface area contributed by atoms with Crippen LogP contribution in [0.1, 0.15) is 11.3 Å². The summed E-state index contributed by atoms with van der Waals surface area (Å²) in [6.45, 7) is 0.467. The highest BCUT2D eigenvalue weighted by molar-refractivity contribution is 7.98. The third-order valence-electron chi connectivity index (χ3n) is 4.93. The van der Waals surface area contributed by atoms with Gasteiger partial charge in [-0.15, -0.1) is 10.2 Å². The molecule has 3 aromatic heterocycles. The van der Waals surface area contributed by atoms with Crippen molar-refractivity contribution in [2.45, 2.75) is 17.5 Å². The van der Waals surface area contributed by atoms with Crippen LogP contribution in [0.4, 0.5) is 0 Å². The highest BCUT2D eigenvalue weighted by Gasteiger charge is 2.17. The lowest BCUT2D eigenvalue weighted by molar-refractivity contribution is 0.475. The zero-order valence-electron chi connectivity index (χ0n) is 16.4. The van der Waals surface area contributed by atoms with Crippen molar-refractivity contribution in [3.8, 4) is 17.1 Å². The number of phenolic OH excluding ortho intramolecular Hbond substituents is 1. The van der Waals surface area contributed by atoms with Crippen LogP contribution in [0, 0.1) is 0 Å². The van der Waals surface area contributed by atoms with Crippen molar-refractivity contribution >= 4 is 22.7 Å². The van der Waals surface area contributed by atoms with E-state index in [9.17, 15) is 9.90 Å². The second-order valence-electron chi connectivity index (χ2n) is 7.01. The first kappa shape index (κ1) is 19.2. The number of H-pyrrole nitrogens is 1. The zero-order chi connectivity index (χ0) is 21.2. The molecule has 8 heteroatoms. The molecule has 0 amide bonds. The summed E-state index contributed by atoms with van der Waals surface area (Å²) < 4.78 is 7.51. The molecule has 0 spiro atoms. The van der Waals surface area contributed by atoms with Crippen molar-refractivity contribution in [3.05, 3.63) is 94.7 Å². The number of nitrogens with zero attached hydrogens (tertiary/aromatic N) is 3. The number of phenols is 1. The van der Waals surface area contributed by atoms with Crippen molar-refractivity contribution in [2.75, 3.05) is 0 Å². The van der Waals surface area contributed by atoms with Crippen LogP contribution in [-0.4, -0.2) is 24.9 Å². The van der Waals surface area contributed by atoms with Gasteiger partial charge in [0, 0.05) is 28.3 Å². The average Bonchev–Trinajstić information content (AvgIpc) is 3.43. The second kappa shape index (κ2) is 8.16. The summed E-state index contributed by atoms with van der Waals surface area (Å²) in [5.74, 6) is 2.21. The number of aromatic hydroxyl groups is 1. The number of aromatic amines is 1. The Morgan fingerprint density at radius 3 is 2.68 bits per heavy atom. The third kappa shape index (κ3) is 3.97. The largest absolute Gasteiger partial charge is 0.508 e. The molecule has 0 aliphatic rings. The van der Waals surface area contributed by atoms with Gasteiger partial charge >= 0.3 is 0 Å². The smallest absolute Gasteiger partial charge is 0.248 e. The van der Waals surface area contributed by atoms with Crippen molar-refractivity contribution in [3.63, 3.8) is 0 Å². The Bertz CT molecular complexity index is 1390. The summed E-state index contributed by atoms with van der Waals surface area (Å²) in [6, 6.07) is 20.0. The first-order valence-electron chi connectivity index (χ1n) is 9.66. The zero-order valence-corrected chi connectivity index (χ0v) is 17.2. The molecule has 3 heterocycles. The van der Waals surface area contributed by atoms with E-state index in [1.165, 1.54) is 11.8 Å². The van der Waals surface area contributed by atoms with Gasteiger partial charge in [-0.3, -0.25) is 9.36 Å². The maximum atomic E-state index is 12.1. The van der Waals surface area contributed by atoms with E-state index in [4.69, 9.17) is 4.42 Å². The molecule has 0 radical (unpaired) electrons. The Labute approximate surface area is 181 Å². The number of para-hydroxylation sites is 1. The summed E-state index contributed by atoms with van der Waals surface area (Å²) in [5.41, 5.74) is 2.46. The number of furan rings is 1. The number of hydrogen-bond donors (Lipinski definition) is 2. The molecule has 0 atom stereocenters. The van der Waals surface area contributed by atoms with Gasteiger partial charge < -0.3 is 14.5 Å². The van der Waals surface area contributed by atoms with Gasteiger partial charge in [0.1, 0.15) is 11.5 Å². The number of rotatable bonds is 6. The van der Waals surface area contributed by atoms with Crippen LogP contribution in [0.5, 0.6) is 5.75 Å². The van der Waals surface area contributed by atoms with E-state index in [1.54, 1.807) is 36.6 Å². The normalized spacial score (nSPS) is 11.2. The lowest BCUT2D eigenvalue weighted by Gasteiger charge is -2.10.